The average molecular weight is 613 g/mol. The molecule has 3 aromatic rings. The third kappa shape index (κ3) is 6.34. The predicted molar refractivity (Wildman–Crippen MR) is 147 cm³/mol. The number of carbonyl (C=O) groups excluding carboxylic acids is 2. The van der Waals surface area contributed by atoms with Crippen LogP contribution in [0.15, 0.2) is 41.0 Å². The molecule has 2 aromatic heterocycles. The maximum Gasteiger partial charge on any atom is 0.274 e. The van der Waals surface area contributed by atoms with Crippen molar-refractivity contribution in [1.82, 2.24) is 20.1 Å². The molecule has 1 aliphatic heterocycles. The largest absolute Gasteiger partial charge is 0.472 e. The number of hydrogen-bond donors (Lipinski definition) is 2. The monoisotopic (exact) mass is 611 g/mol. The van der Waals surface area contributed by atoms with Gasteiger partial charge in [-0.2, -0.15) is 11.8 Å². The summed E-state index contributed by atoms with van der Waals surface area (Å²) in [5.41, 5.74) is 0.658. The number of aromatic nitrogens is 3. The van der Waals surface area contributed by atoms with Gasteiger partial charge in [-0.3, -0.25) is 9.59 Å². The average Bonchev–Trinajstić information content (AvgIpc) is 3.21. The molecule has 0 atom stereocenters. The Labute approximate surface area is 231 Å². The number of nitrogens with zero attached hydrogens (tertiary/aromatic N) is 3. The predicted octanol–water partition coefficient (Wildman–Crippen LogP) is 5.86. The fourth-order valence-electron chi connectivity index (χ4n) is 3.35. The van der Waals surface area contributed by atoms with Crippen molar-refractivity contribution in [3.05, 3.63) is 62.3 Å². The van der Waals surface area contributed by atoms with E-state index >= 15 is 0 Å². The van der Waals surface area contributed by atoms with E-state index in [2.05, 4.69) is 50.5 Å². The summed E-state index contributed by atoms with van der Waals surface area (Å²) in [6.45, 7) is 4.65. The Morgan fingerprint density at radius 1 is 1.25 bits per heavy atom. The van der Waals surface area contributed by atoms with Crippen molar-refractivity contribution in [1.29, 1.82) is 0 Å². The Morgan fingerprint density at radius 3 is 2.69 bits per heavy atom. The van der Waals surface area contributed by atoms with Crippen molar-refractivity contribution in [2.45, 2.75) is 26.4 Å². The van der Waals surface area contributed by atoms with Gasteiger partial charge in [-0.25, -0.2) is 9.67 Å². The van der Waals surface area contributed by atoms with E-state index in [4.69, 9.17) is 27.9 Å². The molecule has 0 unspecified atom stereocenters. The second-order valence-electron chi connectivity index (χ2n) is 8.57. The number of anilines is 1. The first-order valence-electron chi connectivity index (χ1n) is 11.3. The van der Waals surface area contributed by atoms with Gasteiger partial charge in [-0.1, -0.05) is 37.0 Å². The van der Waals surface area contributed by atoms with Gasteiger partial charge in [0, 0.05) is 39.8 Å². The van der Waals surface area contributed by atoms with Gasteiger partial charge in [0.05, 0.1) is 16.3 Å². The summed E-state index contributed by atoms with van der Waals surface area (Å²) in [7, 11) is 0. The summed E-state index contributed by atoms with van der Waals surface area (Å²) in [5.74, 6) is 1.84. The molecule has 36 heavy (non-hydrogen) atoms. The molecule has 4 rings (SSSR count). The van der Waals surface area contributed by atoms with Gasteiger partial charge in [0.15, 0.2) is 5.82 Å². The molecule has 12 heteroatoms. The Morgan fingerprint density at radius 2 is 2.03 bits per heavy atom. The molecule has 0 aliphatic carbocycles. The fourth-order valence-corrected chi connectivity index (χ4v) is 5.03. The zero-order chi connectivity index (χ0) is 25.8. The van der Waals surface area contributed by atoms with Gasteiger partial charge in [0.2, 0.25) is 5.88 Å². The van der Waals surface area contributed by atoms with E-state index < -0.39 is 5.91 Å². The minimum atomic E-state index is -0.527. The number of nitrogens with one attached hydrogen (secondary N) is 2. The Balaban J connectivity index is 1.66. The van der Waals surface area contributed by atoms with Gasteiger partial charge in [0.25, 0.3) is 11.8 Å². The lowest BCUT2D eigenvalue weighted by molar-refractivity contribution is 0.0953. The summed E-state index contributed by atoms with van der Waals surface area (Å²) in [6, 6.07) is 8.01. The van der Waals surface area contributed by atoms with E-state index in [1.807, 2.05) is 0 Å². The van der Waals surface area contributed by atoms with E-state index in [0.717, 1.165) is 17.9 Å². The van der Waals surface area contributed by atoms with Gasteiger partial charge in [-0.05, 0) is 52.5 Å². The Kier molecular flexibility index (Phi) is 8.82. The minimum absolute atomic E-state index is 0.0278. The first-order chi connectivity index (χ1) is 17.2. The first kappa shape index (κ1) is 26.8. The van der Waals surface area contributed by atoms with Crippen LogP contribution < -0.4 is 15.4 Å². The third-order valence-electron chi connectivity index (χ3n) is 5.30. The topological polar surface area (TPSA) is 98.1 Å². The van der Waals surface area contributed by atoms with Crippen LogP contribution in [0.1, 0.15) is 41.1 Å². The third-order valence-corrected chi connectivity index (χ3v) is 7.65. The van der Waals surface area contributed by atoms with Crippen LogP contribution in [0, 0.1) is 5.92 Å². The molecule has 3 heterocycles. The van der Waals surface area contributed by atoms with Crippen molar-refractivity contribution in [3.63, 3.8) is 0 Å². The molecule has 0 bridgehead atoms. The molecule has 8 nitrogen and oxygen atoms in total. The molecule has 2 amide bonds. The highest BCUT2D eigenvalue weighted by atomic mass is 79.9. The summed E-state index contributed by atoms with van der Waals surface area (Å²) >= 11 is 17.8. The van der Waals surface area contributed by atoms with Crippen molar-refractivity contribution >= 4 is 68.4 Å². The highest BCUT2D eigenvalue weighted by Crippen LogP contribution is 2.32. The normalized spacial score (nSPS) is 13.4. The van der Waals surface area contributed by atoms with Crippen molar-refractivity contribution in [2.75, 3.05) is 23.4 Å². The number of rotatable bonds is 9. The lowest BCUT2D eigenvalue weighted by Crippen LogP contribution is -2.31. The van der Waals surface area contributed by atoms with Crippen LogP contribution >= 0.6 is 50.9 Å². The van der Waals surface area contributed by atoms with Gasteiger partial charge in [0.1, 0.15) is 11.8 Å². The standard InChI is InChI=1S/C24H24BrCl2N5O3S/c1-13(2)5-7-29-23(33)16-8-14(26)9-17(25)21(16)30-24(34)19-10-20(35-15-11-36-12-15)31-32(19)22-18(27)4-3-6-28-22/h3-4,6,8-10,13,15H,5,7,11-12H2,1-2H3,(H,29,33)(H,30,34). The van der Waals surface area contributed by atoms with Crippen LogP contribution in [0.25, 0.3) is 5.82 Å². The quantitative estimate of drug-likeness (QED) is 0.314. The molecule has 0 radical (unpaired) electrons. The van der Waals surface area contributed by atoms with Crippen LogP contribution in [0.4, 0.5) is 5.69 Å². The molecule has 0 spiro atoms. The summed E-state index contributed by atoms with van der Waals surface area (Å²) in [6.07, 6.45) is 2.41. The smallest absolute Gasteiger partial charge is 0.274 e. The lowest BCUT2D eigenvalue weighted by atomic mass is 10.1. The van der Waals surface area contributed by atoms with E-state index in [1.165, 1.54) is 16.8 Å². The van der Waals surface area contributed by atoms with E-state index in [0.29, 0.717) is 27.0 Å². The molecule has 1 saturated heterocycles. The number of halogens is 3. The minimum Gasteiger partial charge on any atom is -0.472 e. The van der Waals surface area contributed by atoms with Crippen LogP contribution in [0.5, 0.6) is 5.88 Å². The van der Waals surface area contributed by atoms with Crippen molar-refractivity contribution in [2.24, 2.45) is 5.92 Å². The van der Waals surface area contributed by atoms with Crippen molar-refractivity contribution in [3.8, 4) is 11.7 Å². The summed E-state index contributed by atoms with van der Waals surface area (Å²) < 4.78 is 7.70. The Hall–Kier alpha value is -2.27. The first-order valence-corrected chi connectivity index (χ1v) is 14.0. The van der Waals surface area contributed by atoms with Crippen molar-refractivity contribution < 1.29 is 14.3 Å². The van der Waals surface area contributed by atoms with E-state index in [1.54, 1.807) is 36.2 Å². The maximum absolute atomic E-state index is 13.5. The Bertz CT molecular complexity index is 1280. The number of thioether (sulfide) groups is 1. The van der Waals surface area contributed by atoms with Gasteiger partial charge in [-0.15, -0.1) is 5.10 Å². The molecule has 190 valence electrons. The fraction of sp³-hybridized carbons (Fsp3) is 0.333. The number of pyridine rings is 1. The highest BCUT2D eigenvalue weighted by Gasteiger charge is 2.26. The van der Waals surface area contributed by atoms with Crippen LogP contribution in [-0.4, -0.2) is 50.7 Å². The summed E-state index contributed by atoms with van der Waals surface area (Å²) in [4.78, 5) is 30.8. The number of amides is 2. The molecule has 1 aliphatic rings. The van der Waals surface area contributed by atoms with Crippen LogP contribution in [-0.2, 0) is 0 Å². The SMILES string of the molecule is CC(C)CCNC(=O)c1cc(Cl)cc(Br)c1NC(=O)c1cc(OC2CSC2)nn1-c1ncccc1Cl. The van der Waals surface area contributed by atoms with Crippen LogP contribution in [0.2, 0.25) is 10.0 Å². The number of benzene rings is 1. The number of ether oxygens (including phenoxy) is 1. The number of hydrogen-bond acceptors (Lipinski definition) is 6. The van der Waals surface area contributed by atoms with E-state index in [9.17, 15) is 9.59 Å². The molecule has 2 N–H and O–H groups in total. The molecular formula is C24H24BrCl2N5O3S. The second kappa shape index (κ2) is 11.9. The molecule has 0 saturated carbocycles. The second-order valence-corrected chi connectivity index (χ2v) is 11.3. The van der Waals surface area contributed by atoms with Gasteiger partial charge >= 0.3 is 0 Å². The molecular weight excluding hydrogens is 589 g/mol. The van der Waals surface area contributed by atoms with Crippen LogP contribution in [0.3, 0.4) is 0 Å². The zero-order valence-corrected chi connectivity index (χ0v) is 23.5. The number of carbonyl (C=O) groups is 2. The summed E-state index contributed by atoms with van der Waals surface area (Å²) in [5, 5.41) is 10.8. The highest BCUT2D eigenvalue weighted by molar-refractivity contribution is 9.10. The molecule has 1 fully saturated rings. The maximum atomic E-state index is 13.5. The van der Waals surface area contributed by atoms with Gasteiger partial charge < -0.3 is 15.4 Å². The lowest BCUT2D eigenvalue weighted by Gasteiger charge is -2.24. The van der Waals surface area contributed by atoms with E-state index in [-0.39, 0.29) is 40.7 Å². The zero-order valence-electron chi connectivity index (χ0n) is 19.6. The molecule has 1 aromatic carbocycles.